The average molecular weight is 377 g/mol. The minimum Gasteiger partial charge on any atom is -0.472 e. The van der Waals surface area contributed by atoms with Gasteiger partial charge in [0.1, 0.15) is 11.4 Å². The van der Waals surface area contributed by atoms with Crippen LogP contribution in [0.4, 0.5) is 0 Å². The van der Waals surface area contributed by atoms with E-state index in [1.165, 1.54) is 0 Å². The van der Waals surface area contributed by atoms with Gasteiger partial charge in [-0.3, -0.25) is 9.59 Å². The van der Waals surface area contributed by atoms with Gasteiger partial charge in [-0.2, -0.15) is 0 Å². The van der Waals surface area contributed by atoms with E-state index in [1.54, 1.807) is 53.5 Å². The normalized spacial score (nSPS) is 22.8. The number of carbonyl (C=O) groups excluding carboxylic acids is 2. The number of hydrogen-bond donors (Lipinski definition) is 1. The smallest absolute Gasteiger partial charge is 0.257 e. The van der Waals surface area contributed by atoms with E-state index in [2.05, 4.69) is 5.32 Å². The molecule has 2 fully saturated rings. The van der Waals surface area contributed by atoms with Crippen LogP contribution in [0.25, 0.3) is 0 Å². The molecule has 25 heavy (non-hydrogen) atoms. The van der Waals surface area contributed by atoms with Crippen LogP contribution in [0, 0.1) is 0 Å². The highest BCUT2D eigenvalue weighted by Crippen LogP contribution is 2.43. The summed E-state index contributed by atoms with van der Waals surface area (Å²) in [5.74, 6) is 0.212. The van der Waals surface area contributed by atoms with Crippen LogP contribution in [0.15, 0.2) is 47.3 Å². The zero-order valence-corrected chi connectivity index (χ0v) is 14.9. The number of benzene rings is 1. The van der Waals surface area contributed by atoms with Crippen LogP contribution in [-0.2, 0) is 4.79 Å². The second kappa shape index (κ2) is 6.77. The molecule has 7 heteroatoms. The quantitative estimate of drug-likeness (QED) is 0.887. The lowest BCUT2D eigenvalue weighted by Gasteiger charge is -2.28. The first-order valence-electron chi connectivity index (χ1n) is 8.16. The fraction of sp³-hybridized carbons (Fsp3) is 0.333. The molecule has 1 aromatic heterocycles. The molecule has 0 spiro atoms. The molecule has 2 heterocycles. The molecule has 4 rings (SSSR count). The first-order valence-corrected chi connectivity index (χ1v) is 9.59. The van der Waals surface area contributed by atoms with Gasteiger partial charge in [0.15, 0.2) is 0 Å². The Balaban J connectivity index is 1.67. The number of thioether (sulfide) groups is 1. The highest BCUT2D eigenvalue weighted by molar-refractivity contribution is 7.99. The predicted octanol–water partition coefficient (Wildman–Crippen LogP) is 3.47. The second-order valence-electron chi connectivity index (χ2n) is 6.23. The van der Waals surface area contributed by atoms with Gasteiger partial charge in [0.2, 0.25) is 5.91 Å². The number of nitrogens with zero attached hydrogens (tertiary/aromatic N) is 1. The predicted molar refractivity (Wildman–Crippen MR) is 96.5 cm³/mol. The summed E-state index contributed by atoms with van der Waals surface area (Å²) in [6.07, 6.45) is 5.21. The fourth-order valence-electron chi connectivity index (χ4n) is 2.93. The number of amides is 2. The van der Waals surface area contributed by atoms with Crippen molar-refractivity contribution in [1.29, 1.82) is 0 Å². The van der Waals surface area contributed by atoms with Crippen molar-refractivity contribution in [2.75, 3.05) is 5.75 Å². The SMILES string of the molecule is O=C(NC1CC1)C1CSC(c2ccoc2)N1C(=O)c1ccccc1Cl. The Hall–Kier alpha value is -1.92. The van der Waals surface area contributed by atoms with Crippen molar-refractivity contribution in [2.45, 2.75) is 30.3 Å². The molecule has 2 aromatic rings. The first-order chi connectivity index (χ1) is 12.1. The summed E-state index contributed by atoms with van der Waals surface area (Å²) < 4.78 is 5.18. The lowest BCUT2D eigenvalue weighted by molar-refractivity contribution is -0.125. The van der Waals surface area contributed by atoms with Gasteiger partial charge in [0, 0.05) is 17.4 Å². The maximum atomic E-state index is 13.2. The summed E-state index contributed by atoms with van der Waals surface area (Å²) in [7, 11) is 0. The summed E-state index contributed by atoms with van der Waals surface area (Å²) >= 11 is 7.78. The summed E-state index contributed by atoms with van der Waals surface area (Å²) in [6.45, 7) is 0. The molecule has 2 atom stereocenters. The van der Waals surface area contributed by atoms with Crippen LogP contribution >= 0.6 is 23.4 Å². The van der Waals surface area contributed by atoms with E-state index >= 15 is 0 Å². The molecule has 0 radical (unpaired) electrons. The molecular weight excluding hydrogens is 360 g/mol. The maximum absolute atomic E-state index is 13.2. The molecule has 2 unspecified atom stereocenters. The lowest BCUT2D eigenvalue weighted by atomic mass is 10.1. The van der Waals surface area contributed by atoms with Crippen LogP contribution < -0.4 is 5.32 Å². The third-order valence-electron chi connectivity index (χ3n) is 4.39. The van der Waals surface area contributed by atoms with Crippen molar-refractivity contribution >= 4 is 35.2 Å². The molecule has 1 aromatic carbocycles. The first kappa shape index (κ1) is 16.5. The Morgan fingerprint density at radius 3 is 2.72 bits per heavy atom. The molecule has 1 aliphatic carbocycles. The monoisotopic (exact) mass is 376 g/mol. The third kappa shape index (κ3) is 3.28. The van der Waals surface area contributed by atoms with E-state index in [9.17, 15) is 9.59 Å². The van der Waals surface area contributed by atoms with E-state index in [0.717, 1.165) is 18.4 Å². The Kier molecular flexibility index (Phi) is 4.48. The van der Waals surface area contributed by atoms with Crippen LogP contribution in [0.3, 0.4) is 0 Å². The molecule has 5 nitrogen and oxygen atoms in total. The largest absolute Gasteiger partial charge is 0.472 e. The number of furan rings is 1. The van der Waals surface area contributed by atoms with Gasteiger partial charge >= 0.3 is 0 Å². The molecule has 1 saturated carbocycles. The molecule has 2 amide bonds. The Bertz CT molecular complexity index is 791. The van der Waals surface area contributed by atoms with Crippen LogP contribution in [0.1, 0.15) is 34.1 Å². The van der Waals surface area contributed by atoms with Gasteiger partial charge in [-0.1, -0.05) is 23.7 Å². The number of rotatable bonds is 4. The van der Waals surface area contributed by atoms with E-state index in [1.807, 2.05) is 6.07 Å². The lowest BCUT2D eigenvalue weighted by Crippen LogP contribution is -2.48. The Labute approximate surface area is 154 Å². The maximum Gasteiger partial charge on any atom is 0.257 e. The van der Waals surface area contributed by atoms with Crippen molar-refractivity contribution in [3.63, 3.8) is 0 Å². The molecule has 1 N–H and O–H groups in total. The molecular formula is C18H17ClN2O3S. The number of hydrogen-bond acceptors (Lipinski definition) is 4. The zero-order chi connectivity index (χ0) is 17.4. The Morgan fingerprint density at radius 2 is 2.04 bits per heavy atom. The fourth-order valence-corrected chi connectivity index (χ4v) is 4.55. The van der Waals surface area contributed by atoms with Crippen LogP contribution in [0.2, 0.25) is 5.02 Å². The van der Waals surface area contributed by atoms with Gasteiger partial charge < -0.3 is 14.6 Å². The third-order valence-corrected chi connectivity index (χ3v) is 6.05. The highest BCUT2D eigenvalue weighted by Gasteiger charge is 2.44. The molecule has 1 aliphatic heterocycles. The molecule has 0 bridgehead atoms. The average Bonchev–Trinajstić information content (AvgIpc) is 3.11. The number of nitrogens with one attached hydrogen (secondary N) is 1. The van der Waals surface area contributed by atoms with E-state index in [-0.39, 0.29) is 23.2 Å². The van der Waals surface area contributed by atoms with Gasteiger partial charge in [0.05, 0.1) is 23.1 Å². The standard InChI is InChI=1S/C18H17ClN2O3S/c19-14-4-2-1-3-13(14)17(23)21-15(16(22)20-12-5-6-12)10-25-18(21)11-7-8-24-9-11/h1-4,7-9,12,15,18H,5-6,10H2,(H,20,22). The Morgan fingerprint density at radius 1 is 1.24 bits per heavy atom. The summed E-state index contributed by atoms with van der Waals surface area (Å²) in [4.78, 5) is 27.5. The van der Waals surface area contributed by atoms with E-state index < -0.39 is 6.04 Å². The second-order valence-corrected chi connectivity index (χ2v) is 7.75. The van der Waals surface area contributed by atoms with Crippen LogP contribution in [0.5, 0.6) is 0 Å². The topological polar surface area (TPSA) is 62.6 Å². The van der Waals surface area contributed by atoms with Crippen molar-refractivity contribution < 1.29 is 14.0 Å². The van der Waals surface area contributed by atoms with E-state index in [0.29, 0.717) is 16.3 Å². The van der Waals surface area contributed by atoms with Crippen molar-refractivity contribution in [2.24, 2.45) is 0 Å². The van der Waals surface area contributed by atoms with Gasteiger partial charge in [-0.05, 0) is 31.0 Å². The number of halogens is 1. The van der Waals surface area contributed by atoms with Crippen molar-refractivity contribution in [3.8, 4) is 0 Å². The zero-order valence-electron chi connectivity index (χ0n) is 13.4. The highest BCUT2D eigenvalue weighted by atomic mass is 35.5. The minimum absolute atomic E-state index is 0.0959. The van der Waals surface area contributed by atoms with Crippen LogP contribution in [-0.4, -0.2) is 34.6 Å². The molecule has 2 aliphatic rings. The minimum atomic E-state index is -0.519. The molecule has 130 valence electrons. The summed E-state index contributed by atoms with van der Waals surface area (Å²) in [5.41, 5.74) is 1.27. The van der Waals surface area contributed by atoms with Crippen molar-refractivity contribution in [3.05, 3.63) is 59.0 Å². The van der Waals surface area contributed by atoms with Gasteiger partial charge in [-0.25, -0.2) is 0 Å². The van der Waals surface area contributed by atoms with Gasteiger partial charge in [0.25, 0.3) is 5.91 Å². The van der Waals surface area contributed by atoms with Gasteiger partial charge in [-0.15, -0.1) is 11.8 Å². The summed E-state index contributed by atoms with van der Waals surface area (Å²) in [6, 6.07) is 8.49. The van der Waals surface area contributed by atoms with Crippen molar-refractivity contribution in [1.82, 2.24) is 10.2 Å². The number of carbonyl (C=O) groups is 2. The molecule has 1 saturated heterocycles. The summed E-state index contributed by atoms with van der Waals surface area (Å²) in [5, 5.41) is 3.13. The van der Waals surface area contributed by atoms with E-state index in [4.69, 9.17) is 16.0 Å².